The van der Waals surface area contributed by atoms with E-state index in [-0.39, 0.29) is 0 Å². The number of benzene rings is 1. The lowest BCUT2D eigenvalue weighted by Gasteiger charge is -2.33. The average molecular weight is 301 g/mol. The zero-order chi connectivity index (χ0) is 15.5. The molecule has 2 aromatic rings. The molecule has 118 valence electrons. The monoisotopic (exact) mass is 301 g/mol. The molecule has 3 rings (SSSR count). The van der Waals surface area contributed by atoms with Crippen molar-refractivity contribution in [2.24, 2.45) is 0 Å². The van der Waals surface area contributed by atoms with Gasteiger partial charge in [-0.15, -0.1) is 0 Å². The molecular formula is C17H23N3O2. The Labute approximate surface area is 130 Å². The van der Waals surface area contributed by atoms with Crippen LogP contribution in [0, 0.1) is 0 Å². The second-order valence-corrected chi connectivity index (χ2v) is 6.13. The van der Waals surface area contributed by atoms with Crippen LogP contribution in [0.4, 0.5) is 0 Å². The molecule has 0 spiro atoms. The van der Waals surface area contributed by atoms with Crippen molar-refractivity contribution < 1.29 is 9.90 Å². The topological polar surface area (TPSA) is 48.7 Å². The number of aromatic nitrogens is 1. The van der Waals surface area contributed by atoms with Crippen LogP contribution in [0.25, 0.3) is 10.9 Å². The number of likely N-dealkylation sites (N-methyl/N-ethyl adjacent to an activating group) is 1. The van der Waals surface area contributed by atoms with Crippen LogP contribution in [-0.4, -0.2) is 71.6 Å². The Morgan fingerprint density at radius 1 is 1.18 bits per heavy atom. The van der Waals surface area contributed by atoms with Crippen LogP contribution in [0.2, 0.25) is 0 Å². The number of β-amino-alcohol motifs (C(OH)–C–C–N with tert-alkyl or cyclic N) is 1. The van der Waals surface area contributed by atoms with Crippen molar-refractivity contribution in [2.45, 2.75) is 12.6 Å². The van der Waals surface area contributed by atoms with E-state index in [0.717, 1.165) is 43.4 Å². The van der Waals surface area contributed by atoms with Crippen LogP contribution in [-0.2, 0) is 6.54 Å². The van der Waals surface area contributed by atoms with E-state index in [1.807, 2.05) is 35.0 Å². The van der Waals surface area contributed by atoms with Gasteiger partial charge in [0.15, 0.2) is 6.29 Å². The number of aldehydes is 1. The molecule has 0 aliphatic carbocycles. The Balaban J connectivity index is 1.69. The Bertz CT molecular complexity index is 644. The van der Waals surface area contributed by atoms with E-state index in [0.29, 0.717) is 18.7 Å². The Kier molecular flexibility index (Phi) is 4.57. The highest BCUT2D eigenvalue weighted by Crippen LogP contribution is 2.20. The minimum absolute atomic E-state index is 0.432. The van der Waals surface area contributed by atoms with Gasteiger partial charge >= 0.3 is 0 Å². The molecule has 22 heavy (non-hydrogen) atoms. The highest BCUT2D eigenvalue weighted by molar-refractivity contribution is 5.97. The summed E-state index contributed by atoms with van der Waals surface area (Å²) < 4.78 is 1.99. The van der Waals surface area contributed by atoms with E-state index in [2.05, 4.69) is 16.8 Å². The third-order valence-electron chi connectivity index (χ3n) is 4.42. The second kappa shape index (κ2) is 6.60. The van der Waals surface area contributed by atoms with E-state index < -0.39 is 6.10 Å². The maximum atomic E-state index is 11.2. The largest absolute Gasteiger partial charge is 0.390 e. The van der Waals surface area contributed by atoms with Gasteiger partial charge in [0.25, 0.3) is 0 Å². The summed E-state index contributed by atoms with van der Waals surface area (Å²) in [6.07, 6.45) is 2.29. The minimum atomic E-state index is -0.432. The number of hydrogen-bond donors (Lipinski definition) is 1. The lowest BCUT2D eigenvalue weighted by atomic mass is 10.2. The molecule has 1 aliphatic heterocycles. The summed E-state index contributed by atoms with van der Waals surface area (Å²) in [5.74, 6) is 0. The van der Waals surface area contributed by atoms with Gasteiger partial charge in [0.2, 0.25) is 0 Å². The summed E-state index contributed by atoms with van der Waals surface area (Å²) >= 11 is 0. The van der Waals surface area contributed by atoms with Crippen molar-refractivity contribution in [3.8, 4) is 0 Å². The molecular weight excluding hydrogens is 278 g/mol. The average Bonchev–Trinajstić information content (AvgIpc) is 2.88. The number of hydrogen-bond acceptors (Lipinski definition) is 4. The Morgan fingerprint density at radius 3 is 2.64 bits per heavy atom. The van der Waals surface area contributed by atoms with Gasteiger partial charge < -0.3 is 14.6 Å². The minimum Gasteiger partial charge on any atom is -0.390 e. The molecule has 1 fully saturated rings. The van der Waals surface area contributed by atoms with Crippen LogP contribution in [0.15, 0.2) is 30.5 Å². The highest BCUT2D eigenvalue weighted by Gasteiger charge is 2.18. The fourth-order valence-corrected chi connectivity index (χ4v) is 3.13. The molecule has 5 heteroatoms. The van der Waals surface area contributed by atoms with Gasteiger partial charge in [0, 0.05) is 61.9 Å². The zero-order valence-electron chi connectivity index (χ0n) is 13.0. The van der Waals surface area contributed by atoms with Crippen LogP contribution in [0.5, 0.6) is 0 Å². The van der Waals surface area contributed by atoms with Gasteiger partial charge in [-0.1, -0.05) is 18.2 Å². The zero-order valence-corrected chi connectivity index (χ0v) is 13.0. The molecule has 0 amide bonds. The predicted molar refractivity (Wildman–Crippen MR) is 87.3 cm³/mol. The normalized spacial score (nSPS) is 18.6. The van der Waals surface area contributed by atoms with Crippen molar-refractivity contribution in [1.82, 2.24) is 14.4 Å². The van der Waals surface area contributed by atoms with Crippen molar-refractivity contribution >= 4 is 17.2 Å². The first kappa shape index (κ1) is 15.2. The molecule has 0 radical (unpaired) electrons. The third-order valence-corrected chi connectivity index (χ3v) is 4.42. The van der Waals surface area contributed by atoms with Crippen molar-refractivity contribution in [3.63, 3.8) is 0 Å². The van der Waals surface area contributed by atoms with Gasteiger partial charge in [-0.3, -0.25) is 9.69 Å². The first-order valence-corrected chi connectivity index (χ1v) is 7.79. The molecule has 1 saturated heterocycles. The number of aliphatic hydroxyl groups is 1. The summed E-state index contributed by atoms with van der Waals surface area (Å²) in [6, 6.07) is 7.83. The number of carbonyl (C=O) groups excluding carboxylic acids is 1. The number of carbonyl (C=O) groups is 1. The van der Waals surface area contributed by atoms with Gasteiger partial charge in [-0.2, -0.15) is 0 Å². The SMILES string of the molecule is CN1CCN(C[C@@H](O)Cn2cc(C=O)c3ccccc32)CC1. The number of aliphatic hydroxyl groups excluding tert-OH is 1. The van der Waals surface area contributed by atoms with Gasteiger partial charge in [0.1, 0.15) is 0 Å². The van der Waals surface area contributed by atoms with E-state index in [1.165, 1.54) is 0 Å². The van der Waals surface area contributed by atoms with E-state index >= 15 is 0 Å². The van der Waals surface area contributed by atoms with Crippen molar-refractivity contribution in [3.05, 3.63) is 36.0 Å². The quantitative estimate of drug-likeness (QED) is 0.839. The van der Waals surface area contributed by atoms with Crippen molar-refractivity contribution in [2.75, 3.05) is 39.8 Å². The molecule has 1 aromatic heterocycles. The van der Waals surface area contributed by atoms with E-state index in [4.69, 9.17) is 0 Å². The summed E-state index contributed by atoms with van der Waals surface area (Å²) in [4.78, 5) is 15.8. The number of piperazine rings is 1. The first-order valence-electron chi connectivity index (χ1n) is 7.79. The van der Waals surface area contributed by atoms with E-state index in [9.17, 15) is 9.90 Å². The molecule has 2 heterocycles. The molecule has 0 bridgehead atoms. The summed E-state index contributed by atoms with van der Waals surface area (Å²) in [6.45, 7) is 5.29. The van der Waals surface area contributed by atoms with Crippen LogP contribution in [0.3, 0.4) is 0 Å². The maximum absolute atomic E-state index is 11.2. The molecule has 1 aromatic carbocycles. The number of nitrogens with zero attached hydrogens (tertiary/aromatic N) is 3. The summed E-state index contributed by atoms with van der Waals surface area (Å²) in [5, 5.41) is 11.3. The van der Waals surface area contributed by atoms with Gasteiger partial charge in [-0.25, -0.2) is 0 Å². The standard InChI is InChI=1S/C17H23N3O2/c1-18-6-8-19(9-7-18)11-15(22)12-20-10-14(13-21)16-4-2-3-5-17(16)20/h2-5,10,13,15,22H,6-9,11-12H2,1H3/t15-/m1/s1. The fourth-order valence-electron chi connectivity index (χ4n) is 3.13. The number of fused-ring (bicyclic) bond motifs is 1. The van der Waals surface area contributed by atoms with Gasteiger partial charge in [0.05, 0.1) is 6.10 Å². The smallest absolute Gasteiger partial charge is 0.152 e. The lowest BCUT2D eigenvalue weighted by molar-refractivity contribution is 0.0717. The molecule has 1 aliphatic rings. The maximum Gasteiger partial charge on any atom is 0.152 e. The Morgan fingerprint density at radius 2 is 1.91 bits per heavy atom. The van der Waals surface area contributed by atoms with Crippen LogP contribution < -0.4 is 0 Å². The predicted octanol–water partition coefficient (Wildman–Crippen LogP) is 1.06. The summed E-state index contributed by atoms with van der Waals surface area (Å²) in [5.41, 5.74) is 1.68. The molecule has 5 nitrogen and oxygen atoms in total. The van der Waals surface area contributed by atoms with Gasteiger partial charge in [-0.05, 0) is 13.1 Å². The Hall–Kier alpha value is -1.69. The van der Waals surface area contributed by atoms with Crippen molar-refractivity contribution in [1.29, 1.82) is 0 Å². The summed E-state index contributed by atoms with van der Waals surface area (Å²) in [7, 11) is 2.13. The molecule has 1 N–H and O–H groups in total. The number of rotatable bonds is 5. The van der Waals surface area contributed by atoms with E-state index in [1.54, 1.807) is 0 Å². The molecule has 0 saturated carbocycles. The first-order chi connectivity index (χ1) is 10.7. The fraction of sp³-hybridized carbons (Fsp3) is 0.471. The third kappa shape index (κ3) is 3.21. The highest BCUT2D eigenvalue weighted by atomic mass is 16.3. The van der Waals surface area contributed by atoms with Crippen LogP contribution in [0.1, 0.15) is 10.4 Å². The molecule has 1 atom stereocenters. The number of para-hydroxylation sites is 1. The lowest BCUT2D eigenvalue weighted by Crippen LogP contribution is -2.47. The molecule has 0 unspecified atom stereocenters. The van der Waals surface area contributed by atoms with Crippen LogP contribution >= 0.6 is 0 Å². The second-order valence-electron chi connectivity index (χ2n) is 6.13.